The van der Waals surface area contributed by atoms with Crippen LogP contribution in [0.1, 0.15) is 232 Å². The van der Waals surface area contributed by atoms with E-state index >= 15 is 0 Å². The number of carbonyl (C=O) groups excluding carboxylic acids is 4. The second-order valence-corrected chi connectivity index (χ2v) is 15.4. The minimum absolute atomic E-state index is 0.0444. The summed E-state index contributed by atoms with van der Waals surface area (Å²) in [7, 11) is 0. The predicted molar refractivity (Wildman–Crippen MR) is 215 cm³/mol. The minimum Gasteiger partial charge on any atom is -0.462 e. The molecule has 1 amide bonds. The molecule has 0 spiro atoms. The number of aldehydes is 1. The largest absolute Gasteiger partial charge is 0.462 e. The van der Waals surface area contributed by atoms with Gasteiger partial charge < -0.3 is 25.3 Å². The Morgan fingerprint density at radius 1 is 0.538 bits per heavy atom. The van der Waals surface area contributed by atoms with Crippen LogP contribution in [0.3, 0.4) is 0 Å². The van der Waals surface area contributed by atoms with Crippen molar-refractivity contribution in [1.29, 1.82) is 0 Å². The van der Waals surface area contributed by atoms with Crippen LogP contribution in [0.4, 0.5) is 0 Å². The number of rotatable bonds is 41. The van der Waals surface area contributed by atoms with Crippen molar-refractivity contribution in [1.82, 2.24) is 5.32 Å². The highest BCUT2D eigenvalue weighted by Crippen LogP contribution is 2.16. The number of esters is 2. The average Bonchev–Trinajstić information content (AvgIpc) is 3.14. The molecule has 0 fully saturated rings. The van der Waals surface area contributed by atoms with Gasteiger partial charge in [0.2, 0.25) is 0 Å². The summed E-state index contributed by atoms with van der Waals surface area (Å²) >= 11 is 0. The van der Waals surface area contributed by atoms with Crippen molar-refractivity contribution in [3.8, 4) is 0 Å². The van der Waals surface area contributed by atoms with Gasteiger partial charge in [-0.3, -0.25) is 14.4 Å². The van der Waals surface area contributed by atoms with Crippen molar-refractivity contribution in [3.05, 3.63) is 0 Å². The van der Waals surface area contributed by atoms with Gasteiger partial charge in [-0.15, -0.1) is 0 Å². The van der Waals surface area contributed by atoms with Gasteiger partial charge in [-0.2, -0.15) is 0 Å². The molecule has 2 unspecified atom stereocenters. The lowest BCUT2D eigenvalue weighted by Crippen LogP contribution is -2.67. The summed E-state index contributed by atoms with van der Waals surface area (Å²) in [5.74, 6) is -0.945. The fourth-order valence-corrected chi connectivity index (χ4v) is 6.68. The third-order valence-electron chi connectivity index (χ3n) is 10.2. The van der Waals surface area contributed by atoms with E-state index in [1.807, 2.05) is 0 Å². The van der Waals surface area contributed by atoms with Gasteiger partial charge in [-0.05, 0) is 12.8 Å². The van der Waals surface area contributed by atoms with Crippen LogP contribution in [0, 0.1) is 0 Å². The van der Waals surface area contributed by atoms with E-state index < -0.39 is 12.1 Å². The number of amides is 1. The van der Waals surface area contributed by atoms with E-state index in [2.05, 4.69) is 24.9 Å². The van der Waals surface area contributed by atoms with E-state index in [4.69, 9.17) is 9.47 Å². The molecule has 0 bridgehead atoms. The molecular formula is C44H85N2O6+. The highest BCUT2D eigenvalue weighted by molar-refractivity contribution is 5.80. The Kier molecular flexibility index (Phi) is 38.7. The predicted octanol–water partition coefficient (Wildman–Crippen LogP) is 10.7. The third-order valence-corrected chi connectivity index (χ3v) is 10.2. The molecule has 2 atom stereocenters. The lowest BCUT2D eigenvalue weighted by molar-refractivity contribution is -0.404. The first-order valence-corrected chi connectivity index (χ1v) is 22.3. The smallest absolute Gasteiger partial charge is 0.306 e. The van der Waals surface area contributed by atoms with E-state index in [-0.39, 0.29) is 37.4 Å². The molecule has 0 aromatic rings. The molecule has 0 saturated heterocycles. The Morgan fingerprint density at radius 3 is 1.25 bits per heavy atom. The molecule has 0 aliphatic heterocycles. The summed E-state index contributed by atoms with van der Waals surface area (Å²) in [5.41, 5.74) is 3.82. The molecular weight excluding hydrogens is 652 g/mol. The van der Waals surface area contributed by atoms with Gasteiger partial charge >= 0.3 is 11.9 Å². The second-order valence-electron chi connectivity index (χ2n) is 15.4. The van der Waals surface area contributed by atoms with Crippen molar-refractivity contribution in [2.75, 3.05) is 13.2 Å². The van der Waals surface area contributed by atoms with Crippen LogP contribution in [0.2, 0.25) is 0 Å². The first-order valence-electron chi connectivity index (χ1n) is 22.3. The molecule has 4 N–H and O–H groups in total. The molecule has 0 rings (SSSR count). The quantitative estimate of drug-likeness (QED) is 0.0365. The van der Waals surface area contributed by atoms with Crippen LogP contribution in [0.5, 0.6) is 0 Å². The first kappa shape index (κ1) is 50.0. The SMILES string of the molecule is CCCCCCCCCCCCCCCCCC(=O)OCC(CNC(=O)C([NH3+])CCC=O)OC(=O)CCCCCCCCCCCCCCCCC. The van der Waals surface area contributed by atoms with Gasteiger partial charge in [0.15, 0.2) is 12.1 Å². The highest BCUT2D eigenvalue weighted by Gasteiger charge is 2.22. The molecule has 0 saturated carbocycles. The normalized spacial score (nSPS) is 12.4. The van der Waals surface area contributed by atoms with Gasteiger partial charge in [0.05, 0.1) is 6.54 Å². The number of quaternary nitrogens is 1. The Labute approximate surface area is 320 Å². The number of hydrogen-bond acceptors (Lipinski definition) is 6. The maximum absolute atomic E-state index is 12.7. The molecule has 52 heavy (non-hydrogen) atoms. The topological polar surface area (TPSA) is 126 Å². The maximum Gasteiger partial charge on any atom is 0.306 e. The van der Waals surface area contributed by atoms with E-state index in [0.29, 0.717) is 19.3 Å². The monoisotopic (exact) mass is 738 g/mol. The lowest BCUT2D eigenvalue weighted by Gasteiger charge is -2.19. The Balaban J connectivity index is 4.16. The van der Waals surface area contributed by atoms with Crippen molar-refractivity contribution in [2.45, 2.75) is 244 Å². The summed E-state index contributed by atoms with van der Waals surface area (Å²) in [6.07, 6.45) is 39.2. The zero-order chi connectivity index (χ0) is 38.2. The molecule has 0 aromatic heterocycles. The van der Waals surface area contributed by atoms with Gasteiger partial charge in [0.25, 0.3) is 5.91 Å². The van der Waals surface area contributed by atoms with E-state index in [1.54, 1.807) is 0 Å². The number of hydrogen-bond donors (Lipinski definition) is 2. The van der Waals surface area contributed by atoms with Crippen LogP contribution >= 0.6 is 0 Å². The van der Waals surface area contributed by atoms with E-state index in [9.17, 15) is 19.2 Å². The third kappa shape index (κ3) is 36.4. The lowest BCUT2D eigenvalue weighted by atomic mass is 10.0. The molecule has 0 aliphatic rings. The van der Waals surface area contributed by atoms with Gasteiger partial charge in [0, 0.05) is 25.7 Å². The summed E-state index contributed by atoms with van der Waals surface area (Å²) in [4.78, 5) is 48.2. The summed E-state index contributed by atoms with van der Waals surface area (Å²) in [6.45, 7) is 4.49. The average molecular weight is 738 g/mol. The van der Waals surface area contributed by atoms with E-state index in [0.717, 1.165) is 44.8 Å². The maximum atomic E-state index is 12.7. The number of unbranched alkanes of at least 4 members (excludes halogenated alkanes) is 28. The van der Waals surface area contributed by atoms with Crippen molar-refractivity contribution in [2.24, 2.45) is 0 Å². The van der Waals surface area contributed by atoms with Crippen LogP contribution < -0.4 is 11.1 Å². The molecule has 306 valence electrons. The zero-order valence-electron chi connectivity index (χ0n) is 34.3. The standard InChI is InChI=1S/C44H84N2O6/c1-3-5-7-9-11-13-15-17-19-21-23-25-27-29-31-35-42(48)51-39-40(38-46-44(50)41(45)34-33-37-47)52-43(49)36-32-30-28-26-24-22-20-18-16-14-12-10-8-6-4-2/h37,40-41H,3-36,38-39,45H2,1-2H3,(H,46,50)/p+1. The second kappa shape index (κ2) is 40.2. The van der Waals surface area contributed by atoms with Gasteiger partial charge in [0.1, 0.15) is 12.9 Å². The van der Waals surface area contributed by atoms with Crippen LogP contribution in [0.25, 0.3) is 0 Å². The molecule has 0 heterocycles. The number of nitrogens with one attached hydrogen (secondary N) is 1. The Bertz CT molecular complexity index is 823. The van der Waals surface area contributed by atoms with Crippen LogP contribution in [0.15, 0.2) is 0 Å². The molecule has 0 aromatic carbocycles. The molecule has 8 heteroatoms. The van der Waals surface area contributed by atoms with Gasteiger partial charge in [-0.25, -0.2) is 0 Å². The fourth-order valence-electron chi connectivity index (χ4n) is 6.68. The Hall–Kier alpha value is -1.96. The number of ether oxygens (including phenoxy) is 2. The molecule has 8 nitrogen and oxygen atoms in total. The van der Waals surface area contributed by atoms with E-state index in [1.165, 1.54) is 154 Å². The number of carbonyl (C=O) groups is 4. The summed E-state index contributed by atoms with van der Waals surface area (Å²) in [6, 6.07) is -0.575. The van der Waals surface area contributed by atoms with Crippen molar-refractivity contribution in [3.63, 3.8) is 0 Å². The molecule has 0 radical (unpaired) electrons. The van der Waals surface area contributed by atoms with Crippen LogP contribution in [-0.4, -0.2) is 49.4 Å². The fraction of sp³-hybridized carbons (Fsp3) is 0.909. The van der Waals surface area contributed by atoms with Crippen molar-refractivity contribution >= 4 is 24.1 Å². The highest BCUT2D eigenvalue weighted by atomic mass is 16.6. The minimum atomic E-state index is -0.754. The summed E-state index contributed by atoms with van der Waals surface area (Å²) < 4.78 is 11.1. The first-order chi connectivity index (χ1) is 25.4. The van der Waals surface area contributed by atoms with Gasteiger partial charge in [-0.1, -0.05) is 194 Å². The molecule has 0 aliphatic carbocycles. The summed E-state index contributed by atoms with van der Waals surface area (Å²) in [5, 5.41) is 2.76. The zero-order valence-corrected chi connectivity index (χ0v) is 34.3. The Morgan fingerprint density at radius 2 is 0.885 bits per heavy atom. The van der Waals surface area contributed by atoms with Crippen LogP contribution in [-0.2, 0) is 28.7 Å². The van der Waals surface area contributed by atoms with Crippen molar-refractivity contribution < 1.29 is 34.4 Å².